The smallest absolute Gasteiger partial charge is 0.408 e. The number of amides is 4. The van der Waals surface area contributed by atoms with Crippen LogP contribution in [-0.4, -0.2) is 77.5 Å². The van der Waals surface area contributed by atoms with Gasteiger partial charge in [-0.15, -0.1) is 0 Å². The number of carbonyl (C=O) groups excluding carboxylic acids is 4. The fourth-order valence-corrected chi connectivity index (χ4v) is 5.73. The molecule has 17 heteroatoms. The van der Waals surface area contributed by atoms with Crippen molar-refractivity contribution >= 4 is 45.6 Å². The third-order valence-electron chi connectivity index (χ3n) is 7.26. The molecule has 1 heterocycles. The van der Waals surface area contributed by atoms with E-state index in [0.717, 1.165) is 11.5 Å². The molecule has 0 bridgehead atoms. The van der Waals surface area contributed by atoms with Gasteiger partial charge in [0.05, 0.1) is 29.5 Å². The van der Waals surface area contributed by atoms with Gasteiger partial charge < -0.3 is 36.2 Å². The van der Waals surface area contributed by atoms with E-state index in [0.29, 0.717) is 5.56 Å². The Balaban J connectivity index is 1.80. The van der Waals surface area contributed by atoms with Crippen molar-refractivity contribution in [3.8, 4) is 0 Å². The zero-order valence-corrected chi connectivity index (χ0v) is 29.0. The monoisotopic (exact) mass is 737 g/mol. The SMILES string of the molecule is CC(C)[C@H](NC(=O)C(NC(=O)[C@H](CC(=O)O)NC(=O)OCc1ccccc1)c1ccccn1)C(=O)N[C@H](/C=C/S(=O)(=O)c1ccccc1)CC(=O)O. The molecule has 3 rings (SSSR count). The Morgan fingerprint density at radius 3 is 1.94 bits per heavy atom. The number of aromatic nitrogens is 1. The molecule has 52 heavy (non-hydrogen) atoms. The number of aliphatic carboxylic acids is 2. The molecule has 0 aliphatic rings. The molecular formula is C35H39N5O11S. The first-order valence-corrected chi connectivity index (χ1v) is 17.4. The van der Waals surface area contributed by atoms with Crippen molar-refractivity contribution in [1.29, 1.82) is 0 Å². The van der Waals surface area contributed by atoms with Crippen LogP contribution in [0.15, 0.2) is 101 Å². The summed E-state index contributed by atoms with van der Waals surface area (Å²) in [5, 5.41) is 29.2. The number of sulfone groups is 1. The lowest BCUT2D eigenvalue weighted by atomic mass is 10.0. The van der Waals surface area contributed by atoms with Crippen molar-refractivity contribution in [2.24, 2.45) is 5.92 Å². The van der Waals surface area contributed by atoms with Gasteiger partial charge in [-0.2, -0.15) is 0 Å². The standard InChI is InChI=1S/C35H39N5O11S/c1-22(2)30(33(46)37-24(19-28(41)42)16-18-52(49,50)25-13-7-4-8-14-25)39-34(47)31(26-15-9-10-17-36-26)40-32(45)27(20-29(43)44)38-35(48)51-21-23-11-5-3-6-12-23/h3-18,22,24,27,30-31H,19-21H2,1-2H3,(H,37,46)(H,38,48)(H,39,47)(H,40,45)(H,41,42)(H,43,44)/b18-16+/t24-,27+,30+,31?/m1/s1. The molecule has 0 fully saturated rings. The third-order valence-corrected chi connectivity index (χ3v) is 8.71. The Hall–Kier alpha value is -6.10. The minimum Gasteiger partial charge on any atom is -0.481 e. The van der Waals surface area contributed by atoms with Gasteiger partial charge in [-0.05, 0) is 41.8 Å². The first-order chi connectivity index (χ1) is 24.7. The molecule has 276 valence electrons. The van der Waals surface area contributed by atoms with E-state index in [9.17, 15) is 47.4 Å². The quantitative estimate of drug-likeness (QED) is 0.110. The first-order valence-electron chi connectivity index (χ1n) is 15.9. The van der Waals surface area contributed by atoms with E-state index in [2.05, 4.69) is 26.3 Å². The van der Waals surface area contributed by atoms with Gasteiger partial charge in [-0.3, -0.25) is 29.0 Å². The fourth-order valence-electron chi connectivity index (χ4n) is 4.64. The van der Waals surface area contributed by atoms with Crippen LogP contribution in [0, 0.1) is 5.92 Å². The molecule has 6 N–H and O–H groups in total. The number of rotatable bonds is 18. The molecule has 0 radical (unpaired) electrons. The molecule has 16 nitrogen and oxygen atoms in total. The zero-order chi connectivity index (χ0) is 38.3. The molecule has 1 aromatic heterocycles. The van der Waals surface area contributed by atoms with Gasteiger partial charge in [0.2, 0.25) is 17.7 Å². The lowest BCUT2D eigenvalue weighted by Crippen LogP contribution is -2.56. The average Bonchev–Trinajstić information content (AvgIpc) is 3.11. The number of nitrogens with one attached hydrogen (secondary N) is 4. The normalized spacial score (nSPS) is 13.6. The molecule has 0 saturated carbocycles. The number of carboxylic acids is 2. The number of hydrogen-bond donors (Lipinski definition) is 6. The average molecular weight is 738 g/mol. The summed E-state index contributed by atoms with van der Waals surface area (Å²) >= 11 is 0. The maximum absolute atomic E-state index is 13.7. The Morgan fingerprint density at radius 1 is 0.750 bits per heavy atom. The van der Waals surface area contributed by atoms with Gasteiger partial charge in [0.1, 0.15) is 18.7 Å². The Labute approximate surface area is 299 Å². The van der Waals surface area contributed by atoms with Crippen molar-refractivity contribution in [2.75, 3.05) is 0 Å². The highest BCUT2D eigenvalue weighted by molar-refractivity contribution is 7.94. The summed E-state index contributed by atoms with van der Waals surface area (Å²) in [6, 6.07) is 14.4. The zero-order valence-electron chi connectivity index (χ0n) is 28.2. The Kier molecular flexibility index (Phi) is 15.0. The number of ether oxygens (including phenoxy) is 1. The molecule has 4 amide bonds. The summed E-state index contributed by atoms with van der Waals surface area (Å²) in [5.74, 6) is -6.31. The minimum absolute atomic E-state index is 0.00482. The molecule has 2 aromatic carbocycles. The number of pyridine rings is 1. The van der Waals surface area contributed by atoms with Crippen molar-refractivity contribution in [1.82, 2.24) is 26.3 Å². The summed E-state index contributed by atoms with van der Waals surface area (Å²) in [5.41, 5.74) is 0.629. The van der Waals surface area contributed by atoms with E-state index in [1.807, 2.05) is 0 Å². The largest absolute Gasteiger partial charge is 0.481 e. The second kappa shape index (κ2) is 19.3. The van der Waals surface area contributed by atoms with Crippen LogP contribution in [0.2, 0.25) is 0 Å². The predicted molar refractivity (Wildman–Crippen MR) is 185 cm³/mol. The van der Waals surface area contributed by atoms with Gasteiger partial charge >= 0.3 is 18.0 Å². The van der Waals surface area contributed by atoms with E-state index in [1.165, 1.54) is 48.7 Å². The van der Waals surface area contributed by atoms with Crippen LogP contribution in [-0.2, 0) is 45.2 Å². The number of nitrogens with zero attached hydrogens (tertiary/aromatic N) is 1. The Morgan fingerprint density at radius 2 is 1.37 bits per heavy atom. The van der Waals surface area contributed by atoms with Crippen LogP contribution in [0.5, 0.6) is 0 Å². The van der Waals surface area contributed by atoms with Crippen molar-refractivity contribution in [3.05, 3.63) is 108 Å². The van der Waals surface area contributed by atoms with Crippen molar-refractivity contribution in [3.63, 3.8) is 0 Å². The summed E-state index contributed by atoms with van der Waals surface area (Å²) in [6.07, 6.45) is -0.316. The van der Waals surface area contributed by atoms with Crippen LogP contribution < -0.4 is 21.3 Å². The highest BCUT2D eigenvalue weighted by Crippen LogP contribution is 2.15. The van der Waals surface area contributed by atoms with Gasteiger partial charge in [0.15, 0.2) is 15.9 Å². The molecule has 4 atom stereocenters. The second-order valence-corrected chi connectivity index (χ2v) is 13.5. The summed E-state index contributed by atoms with van der Waals surface area (Å²) < 4.78 is 30.6. The Bertz CT molecular complexity index is 1840. The molecule has 1 unspecified atom stereocenters. The molecule has 0 saturated heterocycles. The number of benzene rings is 2. The maximum Gasteiger partial charge on any atom is 0.408 e. The number of carboxylic acid groups (broad SMARTS) is 2. The maximum atomic E-state index is 13.7. The van der Waals surface area contributed by atoms with Crippen LogP contribution in [0.1, 0.15) is 44.0 Å². The van der Waals surface area contributed by atoms with E-state index in [4.69, 9.17) is 4.74 Å². The highest BCUT2D eigenvalue weighted by atomic mass is 32.2. The number of hydrogen-bond acceptors (Lipinski definition) is 10. The first kappa shape index (κ1) is 40.3. The van der Waals surface area contributed by atoms with E-state index < -0.39 is 88.5 Å². The lowest BCUT2D eigenvalue weighted by Gasteiger charge is -2.27. The predicted octanol–water partition coefficient (Wildman–Crippen LogP) is 2.10. The van der Waals surface area contributed by atoms with Crippen LogP contribution in [0.25, 0.3) is 0 Å². The summed E-state index contributed by atoms with van der Waals surface area (Å²) in [4.78, 5) is 80.4. The highest BCUT2D eigenvalue weighted by Gasteiger charge is 2.34. The van der Waals surface area contributed by atoms with Gasteiger partial charge in [-0.25, -0.2) is 13.2 Å². The molecular weight excluding hydrogens is 698 g/mol. The van der Waals surface area contributed by atoms with Gasteiger partial charge in [0, 0.05) is 11.6 Å². The second-order valence-electron chi connectivity index (χ2n) is 11.7. The van der Waals surface area contributed by atoms with Crippen LogP contribution in [0.4, 0.5) is 4.79 Å². The fraction of sp³-hybridized carbons (Fsp3) is 0.286. The van der Waals surface area contributed by atoms with Crippen molar-refractivity contribution < 1.29 is 52.1 Å². The van der Waals surface area contributed by atoms with Crippen molar-refractivity contribution in [2.45, 2.75) is 62.4 Å². The van der Waals surface area contributed by atoms with Crippen LogP contribution >= 0.6 is 0 Å². The third kappa shape index (κ3) is 13.0. The molecule has 0 aliphatic carbocycles. The molecule has 0 spiro atoms. The summed E-state index contributed by atoms with van der Waals surface area (Å²) in [7, 11) is -3.99. The molecule has 0 aliphatic heterocycles. The van der Waals surface area contributed by atoms with E-state index in [1.54, 1.807) is 50.2 Å². The minimum atomic E-state index is -3.99. The van der Waals surface area contributed by atoms with Crippen LogP contribution in [0.3, 0.4) is 0 Å². The van der Waals surface area contributed by atoms with E-state index >= 15 is 0 Å². The van der Waals surface area contributed by atoms with Gasteiger partial charge in [0.25, 0.3) is 0 Å². The molecule has 3 aromatic rings. The summed E-state index contributed by atoms with van der Waals surface area (Å²) in [6.45, 7) is 2.99. The number of carbonyl (C=O) groups is 6. The number of alkyl carbamates (subject to hydrolysis) is 1. The topological polar surface area (TPSA) is 247 Å². The van der Waals surface area contributed by atoms with Gasteiger partial charge in [-0.1, -0.05) is 68.4 Å². The van der Waals surface area contributed by atoms with E-state index in [-0.39, 0.29) is 17.2 Å². The lowest BCUT2D eigenvalue weighted by molar-refractivity contribution is -0.140.